The topological polar surface area (TPSA) is 55.0 Å². The van der Waals surface area contributed by atoms with Crippen molar-refractivity contribution in [3.63, 3.8) is 0 Å². The number of H-pyrrole nitrogens is 1. The minimum Gasteiger partial charge on any atom is -0.494 e. The van der Waals surface area contributed by atoms with E-state index in [1.54, 1.807) is 18.2 Å². The lowest BCUT2D eigenvalue weighted by atomic mass is 10.1. The number of hydrogen-bond acceptors (Lipinski definition) is 3. The zero-order chi connectivity index (χ0) is 12.3. The molecule has 0 saturated carbocycles. The fraction of sp³-hybridized carbons (Fsp3) is 0.167. The summed E-state index contributed by atoms with van der Waals surface area (Å²) in [6.45, 7) is 2.49. The number of nitrogens with one attached hydrogen (secondary N) is 1. The smallest absolute Gasteiger partial charge is 0.153 e. The van der Waals surface area contributed by atoms with Gasteiger partial charge in [0.25, 0.3) is 0 Å². The second-order valence-corrected chi connectivity index (χ2v) is 3.80. The molecule has 0 radical (unpaired) electrons. The number of rotatable bonds is 4. The van der Waals surface area contributed by atoms with E-state index in [-0.39, 0.29) is 0 Å². The largest absolute Gasteiger partial charge is 0.494 e. The van der Waals surface area contributed by atoms with Gasteiger partial charge in [0.1, 0.15) is 5.75 Å². The van der Waals surface area contributed by atoms with Crippen molar-refractivity contribution in [1.29, 1.82) is 0 Å². The molecule has 0 fully saturated rings. The third kappa shape index (κ3) is 2.31. The second kappa shape index (κ2) is 5.01. The van der Waals surface area contributed by atoms with Gasteiger partial charge in [0.15, 0.2) is 6.29 Å². The Bertz CT molecular complexity index is 537. The van der Waals surface area contributed by atoms with Gasteiger partial charge < -0.3 is 4.74 Å². The van der Waals surface area contributed by atoms with E-state index in [0.29, 0.717) is 28.6 Å². The van der Waals surface area contributed by atoms with Crippen molar-refractivity contribution in [2.75, 3.05) is 6.61 Å². The van der Waals surface area contributed by atoms with Crippen LogP contribution < -0.4 is 4.74 Å². The van der Waals surface area contributed by atoms with Crippen LogP contribution in [0.2, 0.25) is 5.02 Å². The molecule has 17 heavy (non-hydrogen) atoms. The van der Waals surface area contributed by atoms with Crippen molar-refractivity contribution in [1.82, 2.24) is 10.2 Å². The maximum atomic E-state index is 10.8. The monoisotopic (exact) mass is 250 g/mol. The van der Waals surface area contributed by atoms with E-state index in [1.165, 1.54) is 6.20 Å². The summed E-state index contributed by atoms with van der Waals surface area (Å²) >= 11 is 6.14. The Balaban J connectivity index is 2.43. The van der Waals surface area contributed by atoms with Crippen molar-refractivity contribution in [2.24, 2.45) is 0 Å². The van der Waals surface area contributed by atoms with Gasteiger partial charge in [-0.3, -0.25) is 9.89 Å². The van der Waals surface area contributed by atoms with E-state index in [1.807, 2.05) is 6.92 Å². The molecule has 1 aromatic heterocycles. The Morgan fingerprint density at radius 3 is 3.00 bits per heavy atom. The van der Waals surface area contributed by atoms with Crippen molar-refractivity contribution >= 4 is 17.9 Å². The molecule has 1 aromatic carbocycles. The van der Waals surface area contributed by atoms with Gasteiger partial charge in [-0.2, -0.15) is 5.10 Å². The number of carbonyl (C=O) groups is 1. The van der Waals surface area contributed by atoms with Crippen LogP contribution in [0.25, 0.3) is 11.3 Å². The Morgan fingerprint density at radius 2 is 2.35 bits per heavy atom. The van der Waals surface area contributed by atoms with Crippen LogP contribution in [0.4, 0.5) is 0 Å². The zero-order valence-electron chi connectivity index (χ0n) is 9.24. The van der Waals surface area contributed by atoms with Crippen LogP contribution >= 0.6 is 11.6 Å². The van der Waals surface area contributed by atoms with Crippen LogP contribution in [0.1, 0.15) is 17.3 Å². The van der Waals surface area contributed by atoms with Crippen molar-refractivity contribution < 1.29 is 9.53 Å². The van der Waals surface area contributed by atoms with Gasteiger partial charge >= 0.3 is 0 Å². The van der Waals surface area contributed by atoms with Gasteiger partial charge in [-0.05, 0) is 25.1 Å². The van der Waals surface area contributed by atoms with Gasteiger partial charge in [-0.1, -0.05) is 11.6 Å². The number of carbonyl (C=O) groups excluding carboxylic acids is 1. The average Bonchev–Trinajstić information content (AvgIpc) is 2.77. The quantitative estimate of drug-likeness (QED) is 0.849. The van der Waals surface area contributed by atoms with Crippen molar-refractivity contribution in [3.8, 4) is 17.0 Å². The first-order valence-electron chi connectivity index (χ1n) is 5.17. The molecule has 0 aliphatic heterocycles. The summed E-state index contributed by atoms with van der Waals surface area (Å²) in [7, 11) is 0. The molecule has 1 N–H and O–H groups in total. The highest BCUT2D eigenvalue weighted by molar-refractivity contribution is 6.33. The van der Waals surface area contributed by atoms with E-state index in [4.69, 9.17) is 16.3 Å². The molecule has 0 aliphatic carbocycles. The summed E-state index contributed by atoms with van der Waals surface area (Å²) in [5.74, 6) is 0.702. The lowest BCUT2D eigenvalue weighted by Gasteiger charge is -2.06. The molecular formula is C12H11ClN2O2. The van der Waals surface area contributed by atoms with Crippen LogP contribution in [-0.2, 0) is 0 Å². The first-order chi connectivity index (χ1) is 8.26. The van der Waals surface area contributed by atoms with Crippen LogP contribution in [0.15, 0.2) is 24.4 Å². The molecule has 0 spiro atoms. The standard InChI is InChI=1S/C12H11ClN2O2/c1-2-17-9-3-4-10(11(13)5-9)12-8(7-16)6-14-15-12/h3-7H,2H2,1H3,(H,14,15). The van der Waals surface area contributed by atoms with E-state index < -0.39 is 0 Å². The lowest BCUT2D eigenvalue weighted by molar-refractivity contribution is 0.112. The molecule has 0 aliphatic rings. The highest BCUT2D eigenvalue weighted by atomic mass is 35.5. The molecule has 2 aromatic rings. The number of aromatic nitrogens is 2. The number of hydrogen-bond donors (Lipinski definition) is 1. The predicted molar refractivity (Wildman–Crippen MR) is 65.6 cm³/mol. The van der Waals surface area contributed by atoms with E-state index >= 15 is 0 Å². The van der Waals surface area contributed by atoms with Gasteiger partial charge in [0, 0.05) is 5.56 Å². The van der Waals surface area contributed by atoms with Gasteiger partial charge in [-0.25, -0.2) is 0 Å². The minimum atomic E-state index is 0.482. The summed E-state index contributed by atoms with van der Waals surface area (Å²) in [5, 5.41) is 7.10. The Hall–Kier alpha value is -1.81. The molecule has 0 amide bonds. The second-order valence-electron chi connectivity index (χ2n) is 3.39. The number of halogens is 1. The first kappa shape index (κ1) is 11.7. The summed E-state index contributed by atoms with van der Waals surface area (Å²) in [5.41, 5.74) is 1.83. The molecule has 0 atom stereocenters. The third-order valence-corrected chi connectivity index (χ3v) is 2.63. The number of aromatic amines is 1. The van der Waals surface area contributed by atoms with Crippen LogP contribution in [-0.4, -0.2) is 23.1 Å². The predicted octanol–water partition coefficient (Wildman–Crippen LogP) is 2.94. The van der Waals surface area contributed by atoms with E-state index in [0.717, 1.165) is 11.8 Å². The van der Waals surface area contributed by atoms with Gasteiger partial charge in [0.2, 0.25) is 0 Å². The van der Waals surface area contributed by atoms with Crippen molar-refractivity contribution in [2.45, 2.75) is 6.92 Å². The third-order valence-electron chi connectivity index (χ3n) is 2.32. The Kier molecular flexibility index (Phi) is 3.44. The summed E-state index contributed by atoms with van der Waals surface area (Å²) < 4.78 is 5.34. The van der Waals surface area contributed by atoms with Crippen LogP contribution in [0.5, 0.6) is 5.75 Å². The highest BCUT2D eigenvalue weighted by Crippen LogP contribution is 2.31. The maximum absolute atomic E-state index is 10.8. The number of benzene rings is 1. The fourth-order valence-corrected chi connectivity index (χ4v) is 1.82. The Morgan fingerprint density at radius 1 is 1.53 bits per heavy atom. The highest BCUT2D eigenvalue weighted by Gasteiger charge is 2.11. The average molecular weight is 251 g/mol. The molecule has 5 heteroatoms. The minimum absolute atomic E-state index is 0.482. The molecule has 0 saturated heterocycles. The number of ether oxygens (including phenoxy) is 1. The molecule has 4 nitrogen and oxygen atoms in total. The van der Waals surface area contributed by atoms with Crippen molar-refractivity contribution in [3.05, 3.63) is 35.0 Å². The Labute approximate surface area is 104 Å². The van der Waals surface area contributed by atoms with E-state index in [9.17, 15) is 4.79 Å². The molecule has 88 valence electrons. The van der Waals surface area contributed by atoms with Crippen LogP contribution in [0, 0.1) is 0 Å². The summed E-state index contributed by atoms with van der Waals surface area (Å²) in [4.78, 5) is 10.8. The lowest BCUT2D eigenvalue weighted by Crippen LogP contribution is -1.92. The normalized spacial score (nSPS) is 10.2. The molecule has 2 rings (SSSR count). The van der Waals surface area contributed by atoms with E-state index in [2.05, 4.69) is 10.2 Å². The molecular weight excluding hydrogens is 240 g/mol. The van der Waals surface area contributed by atoms with Crippen LogP contribution in [0.3, 0.4) is 0 Å². The number of aldehydes is 1. The molecule has 1 heterocycles. The summed E-state index contributed by atoms with van der Waals surface area (Å²) in [6.07, 6.45) is 2.21. The maximum Gasteiger partial charge on any atom is 0.153 e. The number of nitrogens with zero attached hydrogens (tertiary/aromatic N) is 1. The van der Waals surface area contributed by atoms with Gasteiger partial charge in [0.05, 0.1) is 29.1 Å². The SMILES string of the molecule is CCOc1ccc(-c2[nH]ncc2C=O)c(Cl)c1. The zero-order valence-corrected chi connectivity index (χ0v) is 9.99. The fourth-order valence-electron chi connectivity index (χ4n) is 1.56. The summed E-state index contributed by atoms with van der Waals surface area (Å²) in [6, 6.07) is 5.32. The molecule has 0 bridgehead atoms. The first-order valence-corrected chi connectivity index (χ1v) is 5.55. The van der Waals surface area contributed by atoms with Gasteiger partial charge in [-0.15, -0.1) is 0 Å². The molecule has 0 unspecified atom stereocenters.